The van der Waals surface area contributed by atoms with Crippen molar-refractivity contribution in [2.75, 3.05) is 26.2 Å². The molecule has 1 aromatic heterocycles. The number of nitrogens with zero attached hydrogens (tertiary/aromatic N) is 3. The summed E-state index contributed by atoms with van der Waals surface area (Å²) >= 11 is 0. The van der Waals surface area contributed by atoms with Crippen LogP contribution in [0.15, 0.2) is 16.9 Å². The number of aromatic amines is 1. The van der Waals surface area contributed by atoms with E-state index in [1.165, 1.54) is 0 Å². The Labute approximate surface area is 180 Å². The molecule has 2 saturated heterocycles. The number of H-pyrrole nitrogens is 1. The zero-order chi connectivity index (χ0) is 22.6. The predicted molar refractivity (Wildman–Crippen MR) is 113 cm³/mol. The van der Waals surface area contributed by atoms with Gasteiger partial charge in [-0.25, -0.2) is 18.4 Å². The first kappa shape index (κ1) is 21.8. The Morgan fingerprint density at radius 3 is 2.45 bits per heavy atom. The van der Waals surface area contributed by atoms with E-state index >= 15 is 0 Å². The summed E-state index contributed by atoms with van der Waals surface area (Å²) in [5.41, 5.74) is -0.319. The van der Waals surface area contributed by atoms with Crippen LogP contribution in [-0.2, 0) is 4.74 Å². The highest BCUT2D eigenvalue weighted by Crippen LogP contribution is 2.34. The van der Waals surface area contributed by atoms with Gasteiger partial charge in [0.1, 0.15) is 5.60 Å². The third-order valence-electron chi connectivity index (χ3n) is 6.46. The molecule has 2 aliphatic heterocycles. The summed E-state index contributed by atoms with van der Waals surface area (Å²) in [6.45, 7) is 10.5. The molecule has 3 heterocycles. The lowest BCUT2D eigenvalue weighted by atomic mass is 9.94. The zero-order valence-corrected chi connectivity index (χ0v) is 18.5. The van der Waals surface area contributed by atoms with Crippen molar-refractivity contribution in [3.05, 3.63) is 34.3 Å². The number of halogens is 2. The maximum atomic E-state index is 13.8. The van der Waals surface area contributed by atoms with Crippen LogP contribution in [0.4, 0.5) is 13.6 Å². The lowest BCUT2D eigenvalue weighted by Gasteiger charge is -2.43. The van der Waals surface area contributed by atoms with E-state index in [9.17, 15) is 18.4 Å². The van der Waals surface area contributed by atoms with Crippen LogP contribution in [0, 0.1) is 11.6 Å². The number of benzene rings is 1. The van der Waals surface area contributed by atoms with Crippen LogP contribution in [0.2, 0.25) is 0 Å². The van der Waals surface area contributed by atoms with Gasteiger partial charge in [0.2, 0.25) is 0 Å². The molecule has 0 aliphatic carbocycles. The van der Waals surface area contributed by atoms with E-state index in [0.717, 1.165) is 31.6 Å². The Balaban J connectivity index is 1.44. The van der Waals surface area contributed by atoms with Gasteiger partial charge in [0.05, 0.1) is 11.0 Å². The standard InChI is InChI=1S/C22H30F2N4O3/c1-21(2,3)31-20(30)26-10-7-22(4,13-26)27-8-5-14(6-9-27)28-18-12-16(24)15(23)11-17(18)25-19(28)29/h11-12,14H,5-10,13H2,1-4H3,(H,25,29). The van der Waals surface area contributed by atoms with E-state index in [1.54, 1.807) is 9.47 Å². The summed E-state index contributed by atoms with van der Waals surface area (Å²) in [6, 6.07) is 2.03. The first-order chi connectivity index (χ1) is 14.5. The van der Waals surface area contributed by atoms with Crippen molar-refractivity contribution in [3.63, 3.8) is 0 Å². The number of piperidine rings is 1. The van der Waals surface area contributed by atoms with Gasteiger partial charge >= 0.3 is 11.8 Å². The second-order valence-corrected chi connectivity index (χ2v) is 9.95. The zero-order valence-electron chi connectivity index (χ0n) is 18.5. The van der Waals surface area contributed by atoms with Crippen molar-refractivity contribution in [1.82, 2.24) is 19.4 Å². The van der Waals surface area contributed by atoms with E-state index in [1.807, 2.05) is 20.8 Å². The van der Waals surface area contributed by atoms with Crippen molar-refractivity contribution >= 4 is 17.1 Å². The van der Waals surface area contributed by atoms with E-state index in [0.29, 0.717) is 37.0 Å². The number of likely N-dealkylation sites (tertiary alicyclic amines) is 2. The molecule has 1 atom stereocenters. The van der Waals surface area contributed by atoms with Gasteiger partial charge < -0.3 is 14.6 Å². The average Bonchev–Trinajstić information content (AvgIpc) is 3.22. The van der Waals surface area contributed by atoms with Gasteiger partial charge in [-0.2, -0.15) is 0 Å². The molecule has 1 unspecified atom stereocenters. The Hall–Kier alpha value is -2.42. The van der Waals surface area contributed by atoms with Crippen molar-refractivity contribution in [1.29, 1.82) is 0 Å². The summed E-state index contributed by atoms with van der Waals surface area (Å²) in [4.78, 5) is 31.7. The molecule has 2 aromatic rings. The van der Waals surface area contributed by atoms with Gasteiger partial charge in [-0.3, -0.25) is 9.47 Å². The molecule has 0 radical (unpaired) electrons. The summed E-state index contributed by atoms with van der Waals surface area (Å²) < 4.78 is 34.4. The summed E-state index contributed by atoms with van der Waals surface area (Å²) in [5.74, 6) is -1.93. The smallest absolute Gasteiger partial charge is 0.410 e. The molecule has 7 nitrogen and oxygen atoms in total. The Bertz CT molecular complexity index is 1050. The molecule has 0 spiro atoms. The number of carbonyl (C=O) groups is 1. The number of hydrogen-bond donors (Lipinski definition) is 1. The second kappa shape index (κ2) is 7.62. The Morgan fingerprint density at radius 1 is 1.16 bits per heavy atom. The Kier molecular flexibility index (Phi) is 5.36. The summed E-state index contributed by atoms with van der Waals surface area (Å²) in [6.07, 6.45) is 2.00. The number of ether oxygens (including phenoxy) is 1. The van der Waals surface area contributed by atoms with E-state index in [4.69, 9.17) is 4.74 Å². The topological polar surface area (TPSA) is 70.6 Å². The van der Waals surface area contributed by atoms with Gasteiger partial charge in [-0.15, -0.1) is 0 Å². The largest absolute Gasteiger partial charge is 0.444 e. The number of fused-ring (bicyclic) bond motifs is 1. The first-order valence-corrected chi connectivity index (χ1v) is 10.8. The highest BCUT2D eigenvalue weighted by molar-refractivity contribution is 5.75. The summed E-state index contributed by atoms with van der Waals surface area (Å²) in [7, 11) is 0. The molecule has 0 bridgehead atoms. The lowest BCUT2D eigenvalue weighted by Crippen LogP contribution is -2.52. The molecule has 0 saturated carbocycles. The molecular formula is C22H30F2N4O3. The summed E-state index contributed by atoms with van der Waals surface area (Å²) in [5, 5.41) is 0. The van der Waals surface area contributed by atoms with Gasteiger partial charge in [0, 0.05) is 49.9 Å². The molecule has 170 valence electrons. The predicted octanol–water partition coefficient (Wildman–Crippen LogP) is 3.64. The maximum Gasteiger partial charge on any atom is 0.410 e. The fourth-order valence-corrected chi connectivity index (χ4v) is 4.83. The van der Waals surface area contributed by atoms with Crippen LogP contribution in [0.5, 0.6) is 0 Å². The van der Waals surface area contributed by atoms with Crippen LogP contribution in [0.25, 0.3) is 11.0 Å². The molecule has 2 aliphatic rings. The highest BCUT2D eigenvalue weighted by atomic mass is 19.2. The fourth-order valence-electron chi connectivity index (χ4n) is 4.83. The van der Waals surface area contributed by atoms with Crippen LogP contribution >= 0.6 is 0 Å². The fraction of sp³-hybridized carbons (Fsp3) is 0.636. The van der Waals surface area contributed by atoms with Crippen LogP contribution in [-0.4, -0.2) is 62.8 Å². The minimum atomic E-state index is -0.973. The molecule has 31 heavy (non-hydrogen) atoms. The number of carbonyl (C=O) groups excluding carboxylic acids is 1. The van der Waals surface area contributed by atoms with Crippen LogP contribution < -0.4 is 5.69 Å². The van der Waals surface area contributed by atoms with Gasteiger partial charge in [-0.05, 0) is 47.0 Å². The average molecular weight is 437 g/mol. The molecule has 1 amide bonds. The minimum absolute atomic E-state index is 0.0886. The van der Waals surface area contributed by atoms with Crippen molar-refractivity contribution < 1.29 is 18.3 Å². The van der Waals surface area contributed by atoms with Gasteiger partial charge in [0.15, 0.2) is 11.6 Å². The van der Waals surface area contributed by atoms with Crippen molar-refractivity contribution in [2.24, 2.45) is 0 Å². The normalized spacial score (nSPS) is 23.6. The lowest BCUT2D eigenvalue weighted by molar-refractivity contribution is 0.0221. The number of imidazole rings is 1. The highest BCUT2D eigenvalue weighted by Gasteiger charge is 2.43. The molecule has 4 rings (SSSR count). The van der Waals surface area contributed by atoms with E-state index in [2.05, 4.69) is 16.8 Å². The Morgan fingerprint density at radius 2 is 1.81 bits per heavy atom. The molecular weight excluding hydrogens is 406 g/mol. The number of hydrogen-bond acceptors (Lipinski definition) is 4. The number of nitrogens with one attached hydrogen (secondary N) is 1. The van der Waals surface area contributed by atoms with Crippen molar-refractivity contribution in [3.8, 4) is 0 Å². The molecule has 1 N–H and O–H groups in total. The molecule has 2 fully saturated rings. The number of amides is 1. The monoisotopic (exact) mass is 436 g/mol. The van der Waals surface area contributed by atoms with Crippen molar-refractivity contribution in [2.45, 2.75) is 64.1 Å². The van der Waals surface area contributed by atoms with Gasteiger partial charge in [0.25, 0.3) is 0 Å². The third kappa shape index (κ3) is 4.20. The quantitative estimate of drug-likeness (QED) is 0.780. The van der Waals surface area contributed by atoms with Crippen LogP contribution in [0.1, 0.15) is 53.0 Å². The van der Waals surface area contributed by atoms with E-state index in [-0.39, 0.29) is 23.4 Å². The molecule has 1 aromatic carbocycles. The maximum absolute atomic E-state index is 13.8. The second-order valence-electron chi connectivity index (χ2n) is 9.95. The molecule has 9 heteroatoms. The minimum Gasteiger partial charge on any atom is -0.444 e. The van der Waals surface area contributed by atoms with E-state index < -0.39 is 17.2 Å². The third-order valence-corrected chi connectivity index (χ3v) is 6.46. The number of rotatable bonds is 2. The van der Waals surface area contributed by atoms with Crippen LogP contribution in [0.3, 0.4) is 0 Å². The number of aromatic nitrogens is 2. The van der Waals surface area contributed by atoms with Gasteiger partial charge in [-0.1, -0.05) is 0 Å². The first-order valence-electron chi connectivity index (χ1n) is 10.8. The SMILES string of the molecule is CC(C)(C)OC(=O)N1CCC(C)(N2CCC(n3c(=O)[nH]c4cc(F)c(F)cc43)CC2)C1.